The first-order valence-electron chi connectivity index (χ1n) is 20.1. The molecule has 0 spiro atoms. The number of hydrogen-bond acceptors (Lipinski definition) is 10. The second-order valence-electron chi connectivity index (χ2n) is 17.7. The van der Waals surface area contributed by atoms with E-state index in [4.69, 9.17) is 14.2 Å². The lowest BCUT2D eigenvalue weighted by Gasteiger charge is -2.44. The van der Waals surface area contributed by atoms with Gasteiger partial charge in [-0.15, -0.1) is 0 Å². The Hall–Kier alpha value is -4.60. The molecule has 3 aliphatic heterocycles. The van der Waals surface area contributed by atoms with Gasteiger partial charge in [0.15, 0.2) is 11.5 Å². The minimum atomic E-state index is -4.02. The molecule has 2 aliphatic carbocycles. The molecule has 2 saturated carbocycles. The number of carboxylic acid groups (broad SMARTS) is 1. The van der Waals surface area contributed by atoms with E-state index in [1.807, 2.05) is 25.1 Å². The Bertz CT molecular complexity index is 2080. The number of allylic oxidation sites excluding steroid dienone is 1. The maximum Gasteiger partial charge on any atom is 0.408 e. The van der Waals surface area contributed by atoms with Gasteiger partial charge < -0.3 is 29.5 Å². The van der Waals surface area contributed by atoms with E-state index in [-0.39, 0.29) is 37.1 Å². The molecule has 4 amide bonds. The van der Waals surface area contributed by atoms with Crippen LogP contribution in [0.5, 0.6) is 17.4 Å². The van der Waals surface area contributed by atoms with Gasteiger partial charge in [0.2, 0.25) is 27.7 Å². The highest BCUT2D eigenvalue weighted by molar-refractivity contribution is 7.91. The number of benzene rings is 1. The van der Waals surface area contributed by atoms with Gasteiger partial charge in [-0.25, -0.2) is 18.2 Å². The minimum Gasteiger partial charge on any atom is -0.486 e. The molecule has 57 heavy (non-hydrogen) atoms. The van der Waals surface area contributed by atoms with Crippen LogP contribution in [-0.2, 0) is 24.4 Å². The van der Waals surface area contributed by atoms with Crippen molar-refractivity contribution in [1.82, 2.24) is 24.8 Å². The van der Waals surface area contributed by atoms with Gasteiger partial charge in [-0.05, 0) is 96.3 Å². The highest BCUT2D eigenvalue weighted by Gasteiger charge is 2.63. The number of pyridine rings is 1. The molecular formula is C41H55N5O10S. The Kier molecular flexibility index (Phi) is 10.7. The van der Waals surface area contributed by atoms with E-state index in [0.29, 0.717) is 62.2 Å². The van der Waals surface area contributed by atoms with Crippen LogP contribution in [-0.4, -0.2) is 106 Å². The van der Waals surface area contributed by atoms with E-state index in [9.17, 15) is 27.9 Å². The third-order valence-electron chi connectivity index (χ3n) is 12.5. The minimum absolute atomic E-state index is 0.00271. The molecule has 16 heteroatoms. The van der Waals surface area contributed by atoms with E-state index < -0.39 is 73.8 Å². The molecule has 0 bridgehead atoms. The summed E-state index contributed by atoms with van der Waals surface area (Å²) in [4.78, 5) is 64.2. The average Bonchev–Trinajstić information content (AvgIpc) is 4.03. The van der Waals surface area contributed by atoms with Crippen molar-refractivity contribution < 1.29 is 46.9 Å². The number of rotatable bonds is 7. The van der Waals surface area contributed by atoms with Crippen LogP contribution in [0.4, 0.5) is 4.79 Å². The number of amides is 4. The van der Waals surface area contributed by atoms with Crippen molar-refractivity contribution in [3.8, 4) is 17.4 Å². The predicted octanol–water partition coefficient (Wildman–Crippen LogP) is 4.78. The molecule has 1 saturated heterocycles. The summed E-state index contributed by atoms with van der Waals surface area (Å²) in [6.07, 6.45) is 6.87. The maximum absolute atomic E-state index is 15.2. The second-order valence-corrected chi connectivity index (χ2v) is 19.9. The van der Waals surface area contributed by atoms with Crippen molar-refractivity contribution in [3.05, 3.63) is 36.5 Å². The van der Waals surface area contributed by atoms with Gasteiger partial charge in [0.25, 0.3) is 5.91 Å². The number of fused-ring (bicyclic) bond motifs is 5. The molecule has 1 aromatic heterocycles. The molecule has 5 aliphatic rings. The summed E-state index contributed by atoms with van der Waals surface area (Å²) in [7, 11) is -4.02. The number of hydrogen-bond donors (Lipinski definition) is 3. The summed E-state index contributed by atoms with van der Waals surface area (Å²) in [5, 5.41) is 15.0. The van der Waals surface area contributed by atoms with Gasteiger partial charge in [-0.2, -0.15) is 0 Å². The average molecular weight is 810 g/mol. The number of sulfonamides is 1. The number of carbonyl (C=O) groups is 4. The zero-order valence-electron chi connectivity index (χ0n) is 33.6. The van der Waals surface area contributed by atoms with Crippen LogP contribution in [0.3, 0.4) is 0 Å². The summed E-state index contributed by atoms with van der Waals surface area (Å²) in [6, 6.07) is 3.06. The summed E-state index contributed by atoms with van der Waals surface area (Å²) >= 11 is 0. The molecule has 2 aromatic rings. The lowest BCUT2D eigenvalue weighted by Crippen LogP contribution is -2.62. The third-order valence-corrected chi connectivity index (χ3v) is 14.6. The Morgan fingerprint density at radius 2 is 1.86 bits per heavy atom. The first-order chi connectivity index (χ1) is 26.9. The van der Waals surface area contributed by atoms with Crippen molar-refractivity contribution in [2.24, 2.45) is 17.8 Å². The van der Waals surface area contributed by atoms with E-state index in [2.05, 4.69) is 21.9 Å². The molecule has 0 radical (unpaired) electrons. The fourth-order valence-corrected chi connectivity index (χ4v) is 10.1. The van der Waals surface area contributed by atoms with Crippen molar-refractivity contribution in [1.29, 1.82) is 0 Å². The van der Waals surface area contributed by atoms with Crippen LogP contribution in [0.2, 0.25) is 0 Å². The number of aromatic nitrogens is 1. The van der Waals surface area contributed by atoms with Crippen molar-refractivity contribution in [3.63, 3.8) is 0 Å². The number of carbonyl (C=O) groups excluding carboxylic acids is 3. The fourth-order valence-electron chi connectivity index (χ4n) is 8.74. The van der Waals surface area contributed by atoms with Crippen LogP contribution < -0.4 is 24.2 Å². The fraction of sp³-hybridized carbons (Fsp3) is 0.634. The lowest BCUT2D eigenvalue weighted by atomic mass is 9.82. The molecule has 15 nitrogen and oxygen atoms in total. The highest BCUT2D eigenvalue weighted by Crippen LogP contribution is 2.48. The third kappa shape index (κ3) is 7.73. The number of nitrogens with zero attached hydrogens (tertiary/aromatic N) is 3. The molecular weight excluding hydrogens is 755 g/mol. The summed E-state index contributed by atoms with van der Waals surface area (Å²) in [6.45, 7) is 11.6. The molecule has 3 fully saturated rings. The molecule has 3 N–H and O–H groups in total. The van der Waals surface area contributed by atoms with E-state index in [1.165, 1.54) is 9.80 Å². The largest absolute Gasteiger partial charge is 0.486 e. The first kappa shape index (κ1) is 40.6. The van der Waals surface area contributed by atoms with Crippen LogP contribution >= 0.6 is 0 Å². The predicted molar refractivity (Wildman–Crippen MR) is 210 cm³/mol. The Morgan fingerprint density at radius 1 is 1.12 bits per heavy atom. The van der Waals surface area contributed by atoms with Crippen molar-refractivity contribution >= 4 is 44.6 Å². The van der Waals surface area contributed by atoms with Gasteiger partial charge in [0.05, 0.1) is 11.3 Å². The summed E-state index contributed by atoms with van der Waals surface area (Å²) < 4.78 is 46.0. The quantitative estimate of drug-likeness (QED) is 0.326. The number of nitrogens with one attached hydrogen (secondary N) is 2. The van der Waals surface area contributed by atoms with Gasteiger partial charge >= 0.3 is 6.09 Å². The van der Waals surface area contributed by atoms with Gasteiger partial charge in [0, 0.05) is 34.8 Å². The van der Waals surface area contributed by atoms with E-state index in [1.54, 1.807) is 46.0 Å². The van der Waals surface area contributed by atoms with Crippen molar-refractivity contribution in [2.75, 3.05) is 19.8 Å². The Balaban J connectivity index is 1.28. The van der Waals surface area contributed by atoms with Gasteiger partial charge in [-0.1, -0.05) is 32.4 Å². The lowest BCUT2D eigenvalue weighted by molar-refractivity contribution is -0.146. The van der Waals surface area contributed by atoms with Crippen LogP contribution in [0, 0.1) is 17.8 Å². The standard InChI is InChI=1S/C41H55N5O10S/c1-7-25-20-24(2)10-8-9-11-26-22-41(26,37(49)44-57(52,53)40(6)15-16-40)43-34(47)30-21-27(23-45(30)36(48)32(25)46(38(50)51)39(3,4)5)56-35-29-12-13-31-33(55-19-18-54-31)28(29)14-17-42-35/h9,11-14,17,24-27,30,32H,7-8,10,15-16,18-23H2,1-6H3,(H,43,47)(H,44,49)(H,50,51)/b11-9-/t24-,25+,26+,27+,30-,32-,41+/m0/s1. The molecule has 1 aromatic carbocycles. The van der Waals surface area contributed by atoms with Gasteiger partial charge in [-0.3, -0.25) is 24.0 Å². The highest BCUT2D eigenvalue weighted by atomic mass is 32.2. The number of ether oxygens (including phenoxy) is 3. The second kappa shape index (κ2) is 15.0. The molecule has 310 valence electrons. The van der Waals surface area contributed by atoms with Crippen LogP contribution in [0.25, 0.3) is 10.8 Å². The Labute approximate surface area is 333 Å². The zero-order chi connectivity index (χ0) is 41.1. The smallest absolute Gasteiger partial charge is 0.408 e. The molecule has 4 heterocycles. The van der Waals surface area contributed by atoms with Crippen molar-refractivity contribution in [2.45, 2.75) is 127 Å². The molecule has 0 unspecified atom stereocenters. The van der Waals surface area contributed by atoms with Gasteiger partial charge in [0.1, 0.15) is 36.9 Å². The molecule has 7 rings (SSSR count). The maximum atomic E-state index is 15.2. The monoisotopic (exact) mass is 809 g/mol. The van der Waals surface area contributed by atoms with Crippen LogP contribution in [0.15, 0.2) is 36.5 Å². The topological polar surface area (TPSA) is 194 Å². The zero-order valence-corrected chi connectivity index (χ0v) is 34.4. The molecule has 7 atom stereocenters. The summed E-state index contributed by atoms with van der Waals surface area (Å²) in [5.41, 5.74) is -2.54. The SMILES string of the molecule is CC[C@@H]1C[C@@H](C)CC/C=C\[C@@H]2C[C@@]2(C(=O)NS(=O)(=O)C2(C)CC2)NC(=O)[C@@H]2C[C@@H](Oc3nccc4c5c(ccc34)OCCO5)CN2C(=O)[C@H]1N(C(=O)O)C(C)(C)C. The Morgan fingerprint density at radius 3 is 2.54 bits per heavy atom. The summed E-state index contributed by atoms with van der Waals surface area (Å²) in [5.74, 6) is -1.35. The van der Waals surface area contributed by atoms with E-state index in [0.717, 1.165) is 11.8 Å². The van der Waals surface area contributed by atoms with E-state index >= 15 is 4.79 Å². The van der Waals surface area contributed by atoms with Crippen LogP contribution in [0.1, 0.15) is 92.9 Å². The first-order valence-corrected chi connectivity index (χ1v) is 21.6. The normalized spacial score (nSPS) is 30.5.